The first-order valence-electron chi connectivity index (χ1n) is 6.70. The van der Waals surface area contributed by atoms with Crippen molar-refractivity contribution in [3.05, 3.63) is 65.2 Å². The zero-order valence-electron chi connectivity index (χ0n) is 11.9. The van der Waals surface area contributed by atoms with Crippen LogP contribution in [0.2, 0.25) is 0 Å². The van der Waals surface area contributed by atoms with Gasteiger partial charge in [0.2, 0.25) is 0 Å². The van der Waals surface area contributed by atoms with Crippen LogP contribution in [0.3, 0.4) is 0 Å². The van der Waals surface area contributed by atoms with Crippen molar-refractivity contribution in [3.8, 4) is 5.75 Å². The minimum absolute atomic E-state index is 0.138. The summed E-state index contributed by atoms with van der Waals surface area (Å²) in [6.45, 7) is 2.00. The highest BCUT2D eigenvalue weighted by Gasteiger charge is 2.30. The van der Waals surface area contributed by atoms with E-state index in [1.165, 1.54) is 12.1 Å². The lowest BCUT2D eigenvalue weighted by Crippen LogP contribution is -2.06. The molecule has 0 fully saturated rings. The molecule has 1 unspecified atom stereocenters. The summed E-state index contributed by atoms with van der Waals surface area (Å²) < 4.78 is 43.2. The summed E-state index contributed by atoms with van der Waals surface area (Å²) in [4.78, 5) is 0. The Hall–Kier alpha value is -1.97. The van der Waals surface area contributed by atoms with Crippen LogP contribution in [0.15, 0.2) is 48.5 Å². The Kier molecular flexibility index (Phi) is 4.56. The van der Waals surface area contributed by atoms with Crippen LogP contribution in [-0.4, -0.2) is 7.11 Å². The molecule has 0 radical (unpaired) electrons. The van der Waals surface area contributed by atoms with E-state index >= 15 is 0 Å². The van der Waals surface area contributed by atoms with Crippen LogP contribution in [0, 0.1) is 0 Å². The molecule has 0 spiro atoms. The normalized spacial score (nSPS) is 13.0. The number of ether oxygens (including phenoxy) is 1. The van der Waals surface area contributed by atoms with E-state index in [4.69, 9.17) is 4.74 Å². The predicted octanol–water partition coefficient (Wildman–Crippen LogP) is 5.06. The average molecular weight is 294 g/mol. The van der Waals surface area contributed by atoms with Crippen molar-refractivity contribution in [1.82, 2.24) is 0 Å². The molecular weight excluding hydrogens is 277 g/mol. The summed E-state index contributed by atoms with van der Waals surface area (Å²) in [5.74, 6) is 0.907. The minimum Gasteiger partial charge on any atom is -0.497 e. The summed E-state index contributed by atoms with van der Waals surface area (Å²) in [6, 6.07) is 13.1. The predicted molar refractivity (Wildman–Crippen MR) is 76.6 cm³/mol. The van der Waals surface area contributed by atoms with Crippen LogP contribution in [0.25, 0.3) is 0 Å². The van der Waals surface area contributed by atoms with Crippen molar-refractivity contribution in [2.24, 2.45) is 0 Å². The lowest BCUT2D eigenvalue weighted by molar-refractivity contribution is -0.137. The highest BCUT2D eigenvalue weighted by molar-refractivity contribution is 5.32. The van der Waals surface area contributed by atoms with Crippen LogP contribution < -0.4 is 4.74 Å². The zero-order chi connectivity index (χ0) is 15.5. The maximum Gasteiger partial charge on any atom is 0.416 e. The third kappa shape index (κ3) is 4.00. The number of hydrogen-bond donors (Lipinski definition) is 0. The van der Waals surface area contributed by atoms with Gasteiger partial charge in [0, 0.05) is 0 Å². The summed E-state index contributed by atoms with van der Waals surface area (Å²) in [7, 11) is 1.60. The molecule has 2 aromatic rings. The van der Waals surface area contributed by atoms with Gasteiger partial charge in [-0.25, -0.2) is 0 Å². The molecule has 0 N–H and O–H groups in total. The average Bonchev–Trinajstić information content (AvgIpc) is 2.47. The van der Waals surface area contributed by atoms with Crippen LogP contribution in [0.4, 0.5) is 13.2 Å². The van der Waals surface area contributed by atoms with Gasteiger partial charge in [0.25, 0.3) is 0 Å². The topological polar surface area (TPSA) is 9.23 Å². The first-order chi connectivity index (χ1) is 9.90. The third-order valence-corrected chi connectivity index (χ3v) is 3.48. The number of rotatable bonds is 4. The van der Waals surface area contributed by atoms with Crippen molar-refractivity contribution in [2.45, 2.75) is 25.4 Å². The van der Waals surface area contributed by atoms with Gasteiger partial charge in [-0.15, -0.1) is 0 Å². The summed E-state index contributed by atoms with van der Waals surface area (Å²) >= 11 is 0. The number of methoxy groups -OCH3 is 1. The molecule has 2 aromatic carbocycles. The lowest BCUT2D eigenvalue weighted by atomic mass is 9.93. The largest absolute Gasteiger partial charge is 0.497 e. The number of hydrogen-bond acceptors (Lipinski definition) is 1. The number of alkyl halides is 3. The summed E-state index contributed by atoms with van der Waals surface area (Å²) in [5.41, 5.74) is 1.17. The van der Waals surface area contributed by atoms with Crippen LogP contribution in [0.5, 0.6) is 5.75 Å². The minimum atomic E-state index is -4.29. The van der Waals surface area contributed by atoms with Gasteiger partial charge < -0.3 is 4.74 Å². The summed E-state index contributed by atoms with van der Waals surface area (Å²) in [5, 5.41) is 0. The van der Waals surface area contributed by atoms with E-state index in [-0.39, 0.29) is 5.92 Å². The molecule has 0 aliphatic rings. The Balaban J connectivity index is 2.13. The SMILES string of the molecule is COc1ccc(C(C)Cc2cccc(C(F)(F)F)c2)cc1. The second-order valence-electron chi connectivity index (χ2n) is 5.08. The Morgan fingerprint density at radius 1 is 1.05 bits per heavy atom. The molecule has 0 aliphatic heterocycles. The van der Waals surface area contributed by atoms with Gasteiger partial charge in [0.1, 0.15) is 5.75 Å². The van der Waals surface area contributed by atoms with Gasteiger partial charge >= 0.3 is 6.18 Å². The maximum absolute atomic E-state index is 12.7. The molecule has 0 amide bonds. The van der Waals surface area contributed by atoms with Crippen molar-refractivity contribution >= 4 is 0 Å². The lowest BCUT2D eigenvalue weighted by Gasteiger charge is -2.14. The highest BCUT2D eigenvalue weighted by atomic mass is 19.4. The first-order valence-corrected chi connectivity index (χ1v) is 6.70. The van der Waals surface area contributed by atoms with Crippen molar-refractivity contribution < 1.29 is 17.9 Å². The molecule has 0 heterocycles. The maximum atomic E-state index is 12.7. The molecule has 1 atom stereocenters. The fraction of sp³-hybridized carbons (Fsp3) is 0.294. The Morgan fingerprint density at radius 2 is 1.71 bits per heavy atom. The van der Waals surface area contributed by atoms with E-state index < -0.39 is 11.7 Å². The Bertz CT molecular complexity index is 588. The quantitative estimate of drug-likeness (QED) is 0.766. The molecule has 0 aromatic heterocycles. The second-order valence-corrected chi connectivity index (χ2v) is 5.08. The molecule has 0 aliphatic carbocycles. The van der Waals surface area contributed by atoms with Crippen LogP contribution in [0.1, 0.15) is 29.5 Å². The van der Waals surface area contributed by atoms with Crippen LogP contribution in [-0.2, 0) is 12.6 Å². The van der Waals surface area contributed by atoms with E-state index in [9.17, 15) is 13.2 Å². The molecule has 4 heteroatoms. The zero-order valence-corrected chi connectivity index (χ0v) is 11.9. The molecule has 21 heavy (non-hydrogen) atoms. The smallest absolute Gasteiger partial charge is 0.416 e. The van der Waals surface area contributed by atoms with E-state index in [1.807, 2.05) is 31.2 Å². The van der Waals surface area contributed by atoms with Crippen LogP contribution >= 0.6 is 0 Å². The van der Waals surface area contributed by atoms with E-state index in [1.54, 1.807) is 13.2 Å². The van der Waals surface area contributed by atoms with E-state index in [0.717, 1.165) is 17.4 Å². The summed E-state index contributed by atoms with van der Waals surface area (Å²) in [6.07, 6.45) is -3.73. The number of halogens is 3. The second kappa shape index (κ2) is 6.20. The van der Waals surface area contributed by atoms with Gasteiger partial charge in [-0.05, 0) is 41.7 Å². The number of benzene rings is 2. The highest BCUT2D eigenvalue weighted by Crippen LogP contribution is 2.31. The first kappa shape index (κ1) is 15.4. The van der Waals surface area contributed by atoms with Crippen molar-refractivity contribution in [3.63, 3.8) is 0 Å². The van der Waals surface area contributed by atoms with Crippen molar-refractivity contribution in [2.75, 3.05) is 7.11 Å². The monoisotopic (exact) mass is 294 g/mol. The van der Waals surface area contributed by atoms with Gasteiger partial charge in [-0.1, -0.05) is 37.3 Å². The Labute approximate surface area is 122 Å². The molecule has 2 rings (SSSR count). The Morgan fingerprint density at radius 3 is 2.29 bits per heavy atom. The molecule has 0 bridgehead atoms. The molecule has 1 nitrogen and oxygen atoms in total. The van der Waals surface area contributed by atoms with Gasteiger partial charge in [-0.2, -0.15) is 13.2 Å². The van der Waals surface area contributed by atoms with Gasteiger partial charge in [0.15, 0.2) is 0 Å². The third-order valence-electron chi connectivity index (χ3n) is 3.48. The molecule has 112 valence electrons. The molecular formula is C17H17F3O. The van der Waals surface area contributed by atoms with Gasteiger partial charge in [0.05, 0.1) is 12.7 Å². The van der Waals surface area contributed by atoms with Crippen molar-refractivity contribution in [1.29, 1.82) is 0 Å². The van der Waals surface area contributed by atoms with E-state index in [0.29, 0.717) is 12.0 Å². The molecule has 0 saturated carbocycles. The molecule has 0 saturated heterocycles. The van der Waals surface area contributed by atoms with Gasteiger partial charge in [-0.3, -0.25) is 0 Å². The fourth-order valence-electron chi connectivity index (χ4n) is 2.28. The fourth-order valence-corrected chi connectivity index (χ4v) is 2.28. The standard InChI is InChI=1S/C17H17F3O/c1-12(14-6-8-16(21-2)9-7-14)10-13-4-3-5-15(11-13)17(18,19)20/h3-9,11-12H,10H2,1-2H3. The van der Waals surface area contributed by atoms with E-state index in [2.05, 4.69) is 0 Å².